The first-order valence-electron chi connectivity index (χ1n) is 10.1. The third-order valence-electron chi connectivity index (χ3n) is 5.85. The standard InChI is InChI=1S/C21H31N5O2/c1-4-25(5-2)21(10-7-8-13-26(21)6-3)19-16-24(14-12-23-19)18-9-11-22-15-17(18)20(27)28/h7-11,13,15,19,23H,4-6,12,14,16H2,1-3H3,(H,27,28). The number of anilines is 1. The molecule has 3 heterocycles. The summed E-state index contributed by atoms with van der Waals surface area (Å²) in [5.41, 5.74) is 0.704. The summed E-state index contributed by atoms with van der Waals surface area (Å²) in [7, 11) is 0. The smallest absolute Gasteiger partial charge is 0.339 e. The van der Waals surface area contributed by atoms with Crippen LogP contribution in [-0.2, 0) is 0 Å². The van der Waals surface area contributed by atoms with Crippen molar-refractivity contribution in [1.29, 1.82) is 0 Å². The van der Waals surface area contributed by atoms with Crippen LogP contribution in [0.3, 0.4) is 0 Å². The maximum absolute atomic E-state index is 11.7. The van der Waals surface area contributed by atoms with E-state index < -0.39 is 5.97 Å². The van der Waals surface area contributed by atoms with Crippen molar-refractivity contribution < 1.29 is 9.90 Å². The number of aromatic carboxylic acids is 1. The van der Waals surface area contributed by atoms with E-state index in [1.807, 2.05) is 6.07 Å². The molecule has 1 saturated heterocycles. The minimum atomic E-state index is -0.938. The molecule has 0 radical (unpaired) electrons. The summed E-state index contributed by atoms with van der Waals surface area (Å²) in [5.74, 6) is -0.938. The molecule has 152 valence electrons. The number of nitrogens with one attached hydrogen (secondary N) is 1. The van der Waals surface area contributed by atoms with Gasteiger partial charge in [-0.05, 0) is 38.2 Å². The minimum Gasteiger partial charge on any atom is -0.478 e. The zero-order chi connectivity index (χ0) is 20.1. The van der Waals surface area contributed by atoms with E-state index in [1.165, 1.54) is 6.20 Å². The fraction of sp³-hybridized carbons (Fsp3) is 0.524. The topological polar surface area (TPSA) is 71.9 Å². The van der Waals surface area contributed by atoms with Crippen LogP contribution in [0.2, 0.25) is 0 Å². The number of rotatable bonds is 7. The van der Waals surface area contributed by atoms with E-state index >= 15 is 0 Å². The Morgan fingerprint density at radius 3 is 2.82 bits per heavy atom. The van der Waals surface area contributed by atoms with Crippen molar-refractivity contribution in [3.63, 3.8) is 0 Å². The van der Waals surface area contributed by atoms with Gasteiger partial charge < -0.3 is 20.2 Å². The normalized spacial score (nSPS) is 24.8. The predicted octanol–water partition coefficient (Wildman–Crippen LogP) is 2.00. The molecule has 0 bridgehead atoms. The van der Waals surface area contributed by atoms with Gasteiger partial charge in [0.15, 0.2) is 0 Å². The lowest BCUT2D eigenvalue weighted by molar-refractivity contribution is -0.0167. The highest BCUT2D eigenvalue weighted by atomic mass is 16.4. The zero-order valence-corrected chi connectivity index (χ0v) is 17.0. The van der Waals surface area contributed by atoms with Crippen molar-refractivity contribution in [3.05, 3.63) is 48.5 Å². The van der Waals surface area contributed by atoms with Gasteiger partial charge in [0.25, 0.3) is 0 Å². The van der Waals surface area contributed by atoms with Gasteiger partial charge in [-0.25, -0.2) is 4.79 Å². The lowest BCUT2D eigenvalue weighted by Gasteiger charge is -2.56. The number of allylic oxidation sites excluding steroid dienone is 2. The Balaban J connectivity index is 1.98. The van der Waals surface area contributed by atoms with Crippen molar-refractivity contribution >= 4 is 11.7 Å². The Morgan fingerprint density at radius 1 is 1.36 bits per heavy atom. The number of hydrogen-bond acceptors (Lipinski definition) is 6. The molecule has 2 atom stereocenters. The fourth-order valence-electron chi connectivity index (χ4n) is 4.56. The van der Waals surface area contributed by atoms with Crippen LogP contribution in [0.5, 0.6) is 0 Å². The number of carboxylic acids is 1. The Labute approximate surface area is 167 Å². The molecule has 0 saturated carbocycles. The van der Waals surface area contributed by atoms with E-state index in [4.69, 9.17) is 0 Å². The van der Waals surface area contributed by atoms with Crippen molar-refractivity contribution in [3.8, 4) is 0 Å². The molecule has 0 spiro atoms. The summed E-state index contributed by atoms with van der Waals surface area (Å²) in [6.07, 6.45) is 11.8. The van der Waals surface area contributed by atoms with Gasteiger partial charge in [-0.2, -0.15) is 0 Å². The van der Waals surface area contributed by atoms with Gasteiger partial charge in [0.05, 0.1) is 11.7 Å². The molecular weight excluding hydrogens is 354 g/mol. The highest BCUT2D eigenvalue weighted by Crippen LogP contribution is 2.32. The third-order valence-corrected chi connectivity index (χ3v) is 5.85. The van der Waals surface area contributed by atoms with Crippen LogP contribution in [0.4, 0.5) is 5.69 Å². The van der Waals surface area contributed by atoms with Crippen LogP contribution >= 0.6 is 0 Å². The monoisotopic (exact) mass is 385 g/mol. The SMILES string of the molecule is CCN1C=CC=CC1(C1CN(c2ccncc2C(=O)O)CCN1)N(CC)CC. The number of pyridine rings is 1. The number of aromatic nitrogens is 1. The summed E-state index contributed by atoms with van der Waals surface area (Å²) in [6, 6.07) is 1.93. The molecule has 0 aliphatic carbocycles. The molecule has 28 heavy (non-hydrogen) atoms. The van der Waals surface area contributed by atoms with Crippen molar-refractivity contribution in [2.24, 2.45) is 0 Å². The number of piperazine rings is 1. The zero-order valence-electron chi connectivity index (χ0n) is 17.0. The Hall–Kier alpha value is -2.38. The summed E-state index contributed by atoms with van der Waals surface area (Å²) in [4.78, 5) is 22.7. The van der Waals surface area contributed by atoms with E-state index in [0.717, 1.165) is 45.0 Å². The molecule has 2 aliphatic heterocycles. The first kappa shape index (κ1) is 20.4. The van der Waals surface area contributed by atoms with Gasteiger partial charge in [0, 0.05) is 44.8 Å². The molecule has 2 N–H and O–H groups in total. The molecule has 1 aromatic rings. The number of hydrogen-bond donors (Lipinski definition) is 2. The first-order valence-corrected chi connectivity index (χ1v) is 10.1. The second-order valence-corrected chi connectivity index (χ2v) is 7.09. The van der Waals surface area contributed by atoms with E-state index in [0.29, 0.717) is 0 Å². The molecule has 2 aliphatic rings. The molecule has 7 nitrogen and oxygen atoms in total. The van der Waals surface area contributed by atoms with Crippen molar-refractivity contribution in [2.45, 2.75) is 32.5 Å². The van der Waals surface area contributed by atoms with Crippen molar-refractivity contribution in [2.75, 3.05) is 44.2 Å². The maximum Gasteiger partial charge on any atom is 0.339 e. The molecule has 1 aromatic heterocycles. The van der Waals surface area contributed by atoms with E-state index in [2.05, 4.69) is 70.2 Å². The Bertz CT molecular complexity index is 746. The summed E-state index contributed by atoms with van der Waals surface area (Å²) < 4.78 is 0. The lowest BCUT2D eigenvalue weighted by atomic mass is 9.90. The second kappa shape index (κ2) is 8.75. The highest BCUT2D eigenvalue weighted by Gasteiger charge is 2.46. The van der Waals surface area contributed by atoms with Crippen LogP contribution in [0.25, 0.3) is 0 Å². The van der Waals surface area contributed by atoms with Gasteiger partial charge in [-0.1, -0.05) is 19.9 Å². The molecule has 3 rings (SSSR count). The molecular formula is C21H31N5O2. The minimum absolute atomic E-state index is 0.122. The summed E-state index contributed by atoms with van der Waals surface area (Å²) in [6.45, 7) is 11.6. The lowest BCUT2D eigenvalue weighted by Crippen LogP contribution is -2.72. The second-order valence-electron chi connectivity index (χ2n) is 7.09. The van der Waals surface area contributed by atoms with Gasteiger partial charge in [-0.3, -0.25) is 9.88 Å². The summed E-state index contributed by atoms with van der Waals surface area (Å²) in [5, 5.41) is 13.3. The van der Waals surface area contributed by atoms with E-state index in [1.54, 1.807) is 6.20 Å². The van der Waals surface area contributed by atoms with Crippen LogP contribution < -0.4 is 10.2 Å². The van der Waals surface area contributed by atoms with Gasteiger partial charge >= 0.3 is 5.97 Å². The number of nitrogens with zero attached hydrogens (tertiary/aromatic N) is 4. The number of carboxylic acid groups (broad SMARTS) is 1. The van der Waals surface area contributed by atoms with Crippen LogP contribution in [0, 0.1) is 0 Å². The average molecular weight is 386 g/mol. The highest BCUT2D eigenvalue weighted by molar-refractivity contribution is 5.94. The van der Waals surface area contributed by atoms with Crippen LogP contribution in [0.1, 0.15) is 31.1 Å². The van der Waals surface area contributed by atoms with Gasteiger partial charge in [0.2, 0.25) is 0 Å². The van der Waals surface area contributed by atoms with Gasteiger partial charge in [0.1, 0.15) is 11.2 Å². The predicted molar refractivity (Wildman–Crippen MR) is 112 cm³/mol. The molecule has 2 unspecified atom stereocenters. The van der Waals surface area contributed by atoms with Crippen LogP contribution in [0.15, 0.2) is 42.9 Å². The van der Waals surface area contributed by atoms with Crippen LogP contribution in [-0.4, -0.2) is 76.8 Å². The average Bonchev–Trinajstić information content (AvgIpc) is 2.74. The summed E-state index contributed by atoms with van der Waals surface area (Å²) >= 11 is 0. The van der Waals surface area contributed by atoms with E-state index in [9.17, 15) is 9.90 Å². The molecule has 0 aromatic carbocycles. The fourth-order valence-corrected chi connectivity index (χ4v) is 4.56. The first-order chi connectivity index (χ1) is 13.6. The Kier molecular flexibility index (Phi) is 6.36. The molecule has 7 heteroatoms. The largest absolute Gasteiger partial charge is 0.478 e. The number of carbonyl (C=O) groups is 1. The van der Waals surface area contributed by atoms with E-state index in [-0.39, 0.29) is 17.3 Å². The quantitative estimate of drug-likeness (QED) is 0.744. The molecule has 1 fully saturated rings. The number of likely N-dealkylation sites (N-methyl/N-ethyl adjacent to an activating group) is 2. The molecule has 0 amide bonds. The van der Waals surface area contributed by atoms with Crippen molar-refractivity contribution in [1.82, 2.24) is 20.1 Å². The third kappa shape index (κ3) is 3.52. The maximum atomic E-state index is 11.7. The Morgan fingerprint density at radius 2 is 2.14 bits per heavy atom. The van der Waals surface area contributed by atoms with Gasteiger partial charge in [-0.15, -0.1) is 0 Å².